The van der Waals surface area contributed by atoms with Crippen molar-refractivity contribution in [2.24, 2.45) is 17.3 Å². The maximum absolute atomic E-state index is 11.3. The first-order chi connectivity index (χ1) is 5.11. The van der Waals surface area contributed by atoms with Gasteiger partial charge in [-0.25, -0.2) is 0 Å². The Morgan fingerprint density at radius 1 is 1.45 bits per heavy atom. The molecular weight excluding hydrogens is 136 g/mol. The SMILES string of the molecule is CC1(C)CCC[C@@H]2CC(=O)[C@@H]21. The maximum atomic E-state index is 11.3. The van der Waals surface area contributed by atoms with Gasteiger partial charge in [-0.1, -0.05) is 20.3 Å². The van der Waals surface area contributed by atoms with Crippen LogP contribution >= 0.6 is 0 Å². The van der Waals surface area contributed by atoms with Crippen molar-refractivity contribution in [2.75, 3.05) is 0 Å². The third-order valence-electron chi connectivity index (χ3n) is 3.52. The summed E-state index contributed by atoms with van der Waals surface area (Å²) in [6, 6.07) is 0. The molecule has 0 unspecified atom stereocenters. The molecule has 11 heavy (non-hydrogen) atoms. The number of hydrogen-bond acceptors (Lipinski definition) is 1. The molecular formula is C10H16O. The number of Topliss-reactive ketones (excluding diaryl/α,β-unsaturated/α-hetero) is 1. The molecule has 2 aliphatic carbocycles. The highest BCUT2D eigenvalue weighted by Gasteiger charge is 2.50. The van der Waals surface area contributed by atoms with Gasteiger partial charge in [-0.15, -0.1) is 0 Å². The molecule has 2 fully saturated rings. The number of rotatable bonds is 0. The zero-order valence-electron chi connectivity index (χ0n) is 7.39. The highest BCUT2D eigenvalue weighted by atomic mass is 16.1. The Morgan fingerprint density at radius 2 is 2.18 bits per heavy atom. The lowest BCUT2D eigenvalue weighted by Crippen LogP contribution is -2.49. The van der Waals surface area contributed by atoms with E-state index in [1.165, 1.54) is 19.3 Å². The molecule has 0 amide bonds. The van der Waals surface area contributed by atoms with Crippen LogP contribution in [0.25, 0.3) is 0 Å². The fraction of sp³-hybridized carbons (Fsp3) is 0.900. The Morgan fingerprint density at radius 3 is 2.64 bits per heavy atom. The highest BCUT2D eigenvalue weighted by Crippen LogP contribution is 2.52. The van der Waals surface area contributed by atoms with Gasteiger partial charge < -0.3 is 0 Å². The molecule has 0 saturated heterocycles. The quantitative estimate of drug-likeness (QED) is 0.521. The van der Waals surface area contributed by atoms with E-state index in [1.54, 1.807) is 0 Å². The van der Waals surface area contributed by atoms with Crippen molar-refractivity contribution < 1.29 is 4.79 Å². The van der Waals surface area contributed by atoms with Gasteiger partial charge in [0.05, 0.1) is 0 Å². The van der Waals surface area contributed by atoms with E-state index in [9.17, 15) is 4.79 Å². The third-order valence-corrected chi connectivity index (χ3v) is 3.52. The van der Waals surface area contributed by atoms with Crippen molar-refractivity contribution in [2.45, 2.75) is 39.5 Å². The lowest BCUT2D eigenvalue weighted by Gasteiger charge is -2.49. The van der Waals surface area contributed by atoms with Crippen molar-refractivity contribution in [3.63, 3.8) is 0 Å². The largest absolute Gasteiger partial charge is 0.299 e. The summed E-state index contributed by atoms with van der Waals surface area (Å²) in [5.74, 6) is 1.71. The molecule has 0 heterocycles. The van der Waals surface area contributed by atoms with Crippen molar-refractivity contribution in [1.29, 1.82) is 0 Å². The molecule has 2 aliphatic rings. The molecule has 0 aromatic carbocycles. The smallest absolute Gasteiger partial charge is 0.137 e. The van der Waals surface area contributed by atoms with Crippen molar-refractivity contribution in [1.82, 2.24) is 0 Å². The predicted molar refractivity (Wildman–Crippen MR) is 44.2 cm³/mol. The van der Waals surface area contributed by atoms with E-state index in [-0.39, 0.29) is 0 Å². The van der Waals surface area contributed by atoms with Crippen LogP contribution in [0.4, 0.5) is 0 Å². The summed E-state index contributed by atoms with van der Waals surface area (Å²) >= 11 is 0. The van der Waals surface area contributed by atoms with Crippen LogP contribution in [-0.2, 0) is 4.79 Å². The first-order valence-electron chi connectivity index (χ1n) is 4.64. The number of carbonyl (C=O) groups excluding carboxylic acids is 1. The predicted octanol–water partition coefficient (Wildman–Crippen LogP) is 2.40. The van der Waals surface area contributed by atoms with E-state index < -0.39 is 0 Å². The van der Waals surface area contributed by atoms with E-state index in [0.29, 0.717) is 17.1 Å². The first-order valence-corrected chi connectivity index (χ1v) is 4.64. The van der Waals surface area contributed by atoms with Gasteiger partial charge in [0.2, 0.25) is 0 Å². The highest BCUT2D eigenvalue weighted by molar-refractivity contribution is 5.88. The zero-order chi connectivity index (χ0) is 8.06. The fourth-order valence-electron chi connectivity index (χ4n) is 2.92. The Hall–Kier alpha value is -0.330. The maximum Gasteiger partial charge on any atom is 0.137 e. The Bertz CT molecular complexity index is 193. The van der Waals surface area contributed by atoms with Gasteiger partial charge in [-0.2, -0.15) is 0 Å². The van der Waals surface area contributed by atoms with E-state index in [1.807, 2.05) is 0 Å². The molecule has 0 aromatic rings. The van der Waals surface area contributed by atoms with Crippen LogP contribution in [-0.4, -0.2) is 5.78 Å². The molecule has 1 nitrogen and oxygen atoms in total. The zero-order valence-corrected chi connectivity index (χ0v) is 7.39. The van der Waals surface area contributed by atoms with E-state index in [2.05, 4.69) is 13.8 Å². The summed E-state index contributed by atoms with van der Waals surface area (Å²) in [7, 11) is 0. The van der Waals surface area contributed by atoms with Crippen LogP contribution in [0, 0.1) is 17.3 Å². The molecule has 0 aromatic heterocycles. The summed E-state index contributed by atoms with van der Waals surface area (Å²) in [6.45, 7) is 4.50. The normalized spacial score (nSPS) is 41.1. The minimum absolute atomic E-state index is 0.318. The van der Waals surface area contributed by atoms with Crippen LogP contribution in [0.15, 0.2) is 0 Å². The summed E-state index contributed by atoms with van der Waals surface area (Å²) in [5, 5.41) is 0. The van der Waals surface area contributed by atoms with Gasteiger partial charge in [0.25, 0.3) is 0 Å². The molecule has 2 rings (SSSR count). The number of hydrogen-bond donors (Lipinski definition) is 0. The summed E-state index contributed by atoms with van der Waals surface area (Å²) in [4.78, 5) is 11.3. The van der Waals surface area contributed by atoms with Crippen molar-refractivity contribution in [3.05, 3.63) is 0 Å². The fourth-order valence-corrected chi connectivity index (χ4v) is 2.92. The van der Waals surface area contributed by atoms with Gasteiger partial charge in [-0.05, 0) is 24.2 Å². The lowest BCUT2D eigenvalue weighted by molar-refractivity contribution is -0.144. The van der Waals surface area contributed by atoms with Crippen LogP contribution in [0.3, 0.4) is 0 Å². The van der Waals surface area contributed by atoms with Gasteiger partial charge in [-0.3, -0.25) is 4.79 Å². The topological polar surface area (TPSA) is 17.1 Å². The van der Waals surface area contributed by atoms with Crippen molar-refractivity contribution >= 4 is 5.78 Å². The van der Waals surface area contributed by atoms with Gasteiger partial charge in [0.1, 0.15) is 5.78 Å². The van der Waals surface area contributed by atoms with Crippen molar-refractivity contribution in [3.8, 4) is 0 Å². The minimum atomic E-state index is 0.318. The van der Waals surface area contributed by atoms with Gasteiger partial charge in [0, 0.05) is 12.3 Å². The second-order valence-electron chi connectivity index (χ2n) is 4.79. The number of fused-ring (bicyclic) bond motifs is 1. The molecule has 0 N–H and O–H groups in total. The Kier molecular flexibility index (Phi) is 1.39. The molecule has 0 spiro atoms. The van der Waals surface area contributed by atoms with Crippen LogP contribution in [0.5, 0.6) is 0 Å². The molecule has 62 valence electrons. The average Bonchev–Trinajstić information content (AvgIpc) is 1.82. The molecule has 0 aliphatic heterocycles. The van der Waals surface area contributed by atoms with Gasteiger partial charge >= 0.3 is 0 Å². The molecule has 2 saturated carbocycles. The second kappa shape index (κ2) is 2.09. The number of carbonyl (C=O) groups is 1. The molecule has 0 bridgehead atoms. The minimum Gasteiger partial charge on any atom is -0.299 e. The van der Waals surface area contributed by atoms with Gasteiger partial charge in [0.15, 0.2) is 0 Å². The summed E-state index contributed by atoms with van der Waals surface area (Å²) in [6.07, 6.45) is 4.77. The summed E-state index contributed by atoms with van der Waals surface area (Å²) < 4.78 is 0. The Balaban J connectivity index is 2.17. The monoisotopic (exact) mass is 152 g/mol. The van der Waals surface area contributed by atoms with E-state index in [4.69, 9.17) is 0 Å². The summed E-state index contributed by atoms with van der Waals surface area (Å²) in [5.41, 5.74) is 0.318. The van der Waals surface area contributed by atoms with E-state index >= 15 is 0 Å². The average molecular weight is 152 g/mol. The second-order valence-corrected chi connectivity index (χ2v) is 4.79. The molecule has 0 radical (unpaired) electrons. The van der Waals surface area contributed by atoms with E-state index in [0.717, 1.165) is 12.3 Å². The van der Waals surface area contributed by atoms with Crippen LogP contribution in [0.1, 0.15) is 39.5 Å². The lowest BCUT2D eigenvalue weighted by atomic mass is 9.54. The molecule has 1 heteroatoms. The number of ketones is 1. The first kappa shape index (κ1) is 7.33. The molecule has 2 atom stereocenters. The third kappa shape index (κ3) is 0.935. The van der Waals surface area contributed by atoms with Crippen LogP contribution in [0.2, 0.25) is 0 Å². The van der Waals surface area contributed by atoms with Crippen LogP contribution < -0.4 is 0 Å². The standard InChI is InChI=1S/C10H16O/c1-10(2)5-3-4-7-6-8(11)9(7)10/h7,9H,3-6H2,1-2H3/t7-,9-/m1/s1. The Labute approximate surface area is 68.2 Å².